The first kappa shape index (κ1) is 13.4. The van der Waals surface area contributed by atoms with Crippen LogP contribution in [0.15, 0.2) is 24.5 Å². The van der Waals surface area contributed by atoms with Crippen LogP contribution in [-0.2, 0) is 5.41 Å². The summed E-state index contributed by atoms with van der Waals surface area (Å²) in [5, 5.41) is 14.0. The van der Waals surface area contributed by atoms with Crippen molar-refractivity contribution < 1.29 is 5.11 Å². The fourth-order valence-electron chi connectivity index (χ4n) is 3.12. The lowest BCUT2D eigenvalue weighted by molar-refractivity contribution is -0.0250. The topological polar surface area (TPSA) is 45.2 Å². The van der Waals surface area contributed by atoms with Crippen molar-refractivity contribution in [2.75, 3.05) is 7.05 Å². The molecule has 98 valence electrons. The Morgan fingerprint density at radius 1 is 1.44 bits per heavy atom. The minimum absolute atomic E-state index is 0.510. The van der Waals surface area contributed by atoms with Gasteiger partial charge in [-0.2, -0.15) is 0 Å². The van der Waals surface area contributed by atoms with Crippen LogP contribution < -0.4 is 5.32 Å². The van der Waals surface area contributed by atoms with Gasteiger partial charge in [-0.05, 0) is 31.4 Å². The lowest BCUT2D eigenvalue weighted by Crippen LogP contribution is -2.59. The number of hydrogen-bond donors (Lipinski definition) is 2. The van der Waals surface area contributed by atoms with Crippen molar-refractivity contribution in [3.63, 3.8) is 0 Å². The van der Waals surface area contributed by atoms with E-state index in [1.165, 1.54) is 0 Å². The molecule has 2 rings (SSSR count). The molecule has 0 saturated heterocycles. The number of rotatable bonds is 2. The highest BCUT2D eigenvalue weighted by molar-refractivity contribution is 7.80. The lowest BCUT2D eigenvalue weighted by Gasteiger charge is -2.49. The predicted molar refractivity (Wildman–Crippen MR) is 76.7 cm³/mol. The summed E-state index contributed by atoms with van der Waals surface area (Å²) in [6.45, 7) is 1.89. The van der Waals surface area contributed by atoms with Crippen LogP contribution in [0.3, 0.4) is 0 Å². The molecule has 0 bridgehead atoms. The molecule has 3 nitrogen and oxygen atoms in total. The smallest absolute Gasteiger partial charge is 0.0887 e. The fraction of sp³-hybridized carbons (Fsp3) is 0.571. The number of nitrogens with one attached hydrogen (secondary N) is 1. The van der Waals surface area contributed by atoms with Crippen molar-refractivity contribution >= 4 is 17.2 Å². The number of aromatic nitrogens is 1. The van der Waals surface area contributed by atoms with E-state index in [1.807, 2.05) is 32.3 Å². The summed E-state index contributed by atoms with van der Waals surface area (Å²) in [5.41, 5.74) is -0.327. The molecule has 0 radical (unpaired) electrons. The molecule has 1 aromatic rings. The molecule has 1 saturated carbocycles. The summed E-state index contributed by atoms with van der Waals surface area (Å²) in [6.07, 6.45) is 7.32. The SMILES string of the molecule is CNC(=S)C1(c2cccnc2)CCCCC1(C)O. The largest absolute Gasteiger partial charge is 0.389 e. The first-order valence-electron chi connectivity index (χ1n) is 6.40. The molecule has 1 fully saturated rings. The molecule has 4 heteroatoms. The van der Waals surface area contributed by atoms with Crippen LogP contribution in [0.5, 0.6) is 0 Å². The van der Waals surface area contributed by atoms with E-state index in [0.717, 1.165) is 31.2 Å². The molecule has 1 aliphatic carbocycles. The zero-order valence-electron chi connectivity index (χ0n) is 10.9. The second kappa shape index (κ2) is 4.94. The van der Waals surface area contributed by atoms with Gasteiger partial charge in [-0.1, -0.05) is 31.1 Å². The van der Waals surface area contributed by atoms with Gasteiger partial charge in [-0.25, -0.2) is 0 Å². The molecule has 2 atom stereocenters. The van der Waals surface area contributed by atoms with Gasteiger partial charge < -0.3 is 10.4 Å². The predicted octanol–water partition coefficient (Wildman–Crippen LogP) is 2.19. The van der Waals surface area contributed by atoms with E-state index in [9.17, 15) is 5.11 Å². The first-order chi connectivity index (χ1) is 8.54. The number of hydrogen-bond acceptors (Lipinski definition) is 3. The number of aliphatic hydroxyl groups is 1. The summed E-state index contributed by atoms with van der Waals surface area (Å²) in [6, 6.07) is 3.91. The zero-order chi connectivity index (χ0) is 13.2. The number of likely N-dealkylation sites (N-methyl/N-ethyl adjacent to an activating group) is 1. The minimum Gasteiger partial charge on any atom is -0.389 e. The second-order valence-corrected chi connectivity index (χ2v) is 5.62. The third-order valence-electron chi connectivity index (χ3n) is 4.15. The molecule has 2 N–H and O–H groups in total. The van der Waals surface area contributed by atoms with Gasteiger partial charge in [0.25, 0.3) is 0 Å². The van der Waals surface area contributed by atoms with E-state index in [0.29, 0.717) is 4.99 Å². The molecule has 1 aliphatic rings. The van der Waals surface area contributed by atoms with Gasteiger partial charge in [0.15, 0.2) is 0 Å². The molecule has 0 aliphatic heterocycles. The number of nitrogens with zero attached hydrogens (tertiary/aromatic N) is 1. The van der Waals surface area contributed by atoms with Crippen LogP contribution in [0, 0.1) is 0 Å². The Labute approximate surface area is 114 Å². The maximum atomic E-state index is 10.9. The fourth-order valence-corrected chi connectivity index (χ4v) is 3.55. The molecule has 1 aromatic heterocycles. The highest BCUT2D eigenvalue weighted by Gasteiger charge is 2.52. The summed E-state index contributed by atoms with van der Waals surface area (Å²) in [4.78, 5) is 4.90. The zero-order valence-corrected chi connectivity index (χ0v) is 11.8. The van der Waals surface area contributed by atoms with E-state index in [1.54, 1.807) is 6.20 Å². The normalized spacial score (nSPS) is 31.9. The Hall–Kier alpha value is -1.00. The van der Waals surface area contributed by atoms with Crippen molar-refractivity contribution in [2.45, 2.75) is 43.6 Å². The van der Waals surface area contributed by atoms with Gasteiger partial charge in [0, 0.05) is 19.4 Å². The van der Waals surface area contributed by atoms with Crippen LogP contribution in [-0.4, -0.2) is 27.7 Å². The van der Waals surface area contributed by atoms with E-state index in [-0.39, 0.29) is 0 Å². The van der Waals surface area contributed by atoms with Crippen LogP contribution in [0.1, 0.15) is 38.2 Å². The Kier molecular flexibility index (Phi) is 3.69. The number of pyridine rings is 1. The maximum Gasteiger partial charge on any atom is 0.0887 e. The van der Waals surface area contributed by atoms with Gasteiger partial charge in [-0.15, -0.1) is 0 Å². The highest BCUT2D eigenvalue weighted by atomic mass is 32.1. The molecule has 0 spiro atoms. The summed E-state index contributed by atoms with van der Waals surface area (Å²) >= 11 is 5.52. The lowest BCUT2D eigenvalue weighted by atomic mass is 9.60. The molecule has 0 amide bonds. The molecule has 18 heavy (non-hydrogen) atoms. The molecular formula is C14H20N2OS. The van der Waals surface area contributed by atoms with Gasteiger partial charge in [0.1, 0.15) is 0 Å². The molecule has 2 unspecified atom stereocenters. The van der Waals surface area contributed by atoms with Crippen molar-refractivity contribution in [2.24, 2.45) is 0 Å². The number of thiocarbonyl (C=S) groups is 1. The standard InChI is InChI=1S/C14H20N2OS/c1-13(17)7-3-4-8-14(13,12(18)15-2)11-6-5-9-16-10-11/h5-6,9-10,17H,3-4,7-8H2,1-2H3,(H,15,18). The molecular weight excluding hydrogens is 244 g/mol. The summed E-state index contributed by atoms with van der Waals surface area (Å²) < 4.78 is 0. The third kappa shape index (κ3) is 1.93. The van der Waals surface area contributed by atoms with Crippen molar-refractivity contribution in [1.29, 1.82) is 0 Å². The third-order valence-corrected chi connectivity index (χ3v) is 4.71. The van der Waals surface area contributed by atoms with E-state index in [4.69, 9.17) is 12.2 Å². The Balaban J connectivity index is 2.57. The van der Waals surface area contributed by atoms with Crippen molar-refractivity contribution in [3.8, 4) is 0 Å². The molecule has 1 heterocycles. The van der Waals surface area contributed by atoms with Crippen molar-refractivity contribution in [3.05, 3.63) is 30.1 Å². The van der Waals surface area contributed by atoms with Crippen LogP contribution in [0.25, 0.3) is 0 Å². The molecule has 0 aromatic carbocycles. The average Bonchev–Trinajstić information content (AvgIpc) is 2.38. The van der Waals surface area contributed by atoms with Crippen LogP contribution >= 0.6 is 12.2 Å². The Morgan fingerprint density at radius 3 is 2.72 bits per heavy atom. The average molecular weight is 264 g/mol. The van der Waals surface area contributed by atoms with Gasteiger partial charge in [0.05, 0.1) is 16.0 Å². The monoisotopic (exact) mass is 264 g/mol. The summed E-state index contributed by atoms with van der Waals surface area (Å²) in [5.74, 6) is 0. The summed E-state index contributed by atoms with van der Waals surface area (Å²) in [7, 11) is 1.82. The highest BCUT2D eigenvalue weighted by Crippen LogP contribution is 2.46. The quantitative estimate of drug-likeness (QED) is 0.804. The Morgan fingerprint density at radius 2 is 2.17 bits per heavy atom. The Bertz CT molecular complexity index is 433. The van der Waals surface area contributed by atoms with E-state index < -0.39 is 11.0 Å². The van der Waals surface area contributed by atoms with Gasteiger partial charge >= 0.3 is 0 Å². The minimum atomic E-state index is -0.825. The van der Waals surface area contributed by atoms with Crippen LogP contribution in [0.2, 0.25) is 0 Å². The van der Waals surface area contributed by atoms with E-state index in [2.05, 4.69) is 10.3 Å². The van der Waals surface area contributed by atoms with Crippen molar-refractivity contribution in [1.82, 2.24) is 10.3 Å². The van der Waals surface area contributed by atoms with Gasteiger partial charge in [0.2, 0.25) is 0 Å². The second-order valence-electron chi connectivity index (χ2n) is 5.21. The maximum absolute atomic E-state index is 10.9. The van der Waals surface area contributed by atoms with Gasteiger partial charge in [-0.3, -0.25) is 4.98 Å². The first-order valence-corrected chi connectivity index (χ1v) is 6.80. The van der Waals surface area contributed by atoms with E-state index >= 15 is 0 Å². The van der Waals surface area contributed by atoms with Crippen LogP contribution in [0.4, 0.5) is 0 Å².